The van der Waals surface area contributed by atoms with E-state index in [0.717, 1.165) is 12.0 Å². The Morgan fingerprint density at radius 1 is 1.32 bits per heavy atom. The predicted octanol–water partition coefficient (Wildman–Crippen LogP) is 3.20. The van der Waals surface area contributed by atoms with Crippen LogP contribution in [0, 0.1) is 10.1 Å². The molecular weight excluding hydrogens is 284 g/mol. The average molecular weight is 300 g/mol. The van der Waals surface area contributed by atoms with E-state index >= 15 is 0 Å². The number of nitro groups is 1. The Bertz CT molecular complexity index is 683. The molecule has 0 bridgehead atoms. The lowest BCUT2D eigenvalue weighted by molar-refractivity contribution is -0.390. The predicted molar refractivity (Wildman–Crippen MR) is 81.1 cm³/mol. The van der Waals surface area contributed by atoms with Crippen LogP contribution in [0.1, 0.15) is 29.8 Å². The van der Waals surface area contributed by atoms with Crippen molar-refractivity contribution in [3.63, 3.8) is 0 Å². The van der Waals surface area contributed by atoms with Crippen LogP contribution in [-0.4, -0.2) is 21.8 Å². The second-order valence-electron chi connectivity index (χ2n) is 4.76. The molecule has 0 fully saturated rings. The van der Waals surface area contributed by atoms with E-state index in [1.807, 2.05) is 19.1 Å². The van der Waals surface area contributed by atoms with Crippen molar-refractivity contribution in [1.82, 2.24) is 4.98 Å². The van der Waals surface area contributed by atoms with E-state index in [-0.39, 0.29) is 11.5 Å². The largest absolute Gasteiger partial charge is 0.474 e. The molecule has 6 heteroatoms. The fourth-order valence-electron chi connectivity index (χ4n) is 1.99. The maximum Gasteiger partial charge on any atom is 0.406 e. The van der Waals surface area contributed by atoms with Crippen LogP contribution < -0.4 is 4.74 Å². The molecule has 2 aromatic rings. The summed E-state index contributed by atoms with van der Waals surface area (Å²) in [6, 6.07) is 10.2. The van der Waals surface area contributed by atoms with Crippen molar-refractivity contribution in [1.29, 1.82) is 0 Å². The number of ether oxygens (including phenoxy) is 1. The fourth-order valence-corrected chi connectivity index (χ4v) is 1.99. The fraction of sp³-hybridized carbons (Fsp3) is 0.250. The van der Waals surface area contributed by atoms with Gasteiger partial charge in [-0.05, 0) is 40.9 Å². The third-order valence-corrected chi connectivity index (χ3v) is 3.24. The minimum absolute atomic E-state index is 0.0153. The normalized spacial score (nSPS) is 11.7. The molecule has 0 aliphatic rings. The van der Waals surface area contributed by atoms with E-state index in [4.69, 9.17) is 4.74 Å². The molecule has 1 heterocycles. The third-order valence-electron chi connectivity index (χ3n) is 3.24. The molecule has 114 valence electrons. The van der Waals surface area contributed by atoms with Gasteiger partial charge in [0.1, 0.15) is 6.20 Å². The number of carbonyl (C=O) groups is 1. The number of Topliss-reactive ketones (excluding diaryl/α,β-unsaturated/α-hetero) is 1. The highest BCUT2D eigenvalue weighted by molar-refractivity contribution is 5.99. The summed E-state index contributed by atoms with van der Waals surface area (Å²) in [5.74, 6) is -0.650. The van der Waals surface area contributed by atoms with Crippen LogP contribution in [0.3, 0.4) is 0 Å². The zero-order valence-corrected chi connectivity index (χ0v) is 12.4. The van der Waals surface area contributed by atoms with Gasteiger partial charge >= 0.3 is 5.82 Å². The van der Waals surface area contributed by atoms with E-state index in [1.54, 1.807) is 19.1 Å². The Hall–Kier alpha value is -2.76. The summed E-state index contributed by atoms with van der Waals surface area (Å²) in [7, 11) is 0. The van der Waals surface area contributed by atoms with Crippen LogP contribution in [-0.2, 0) is 6.42 Å². The van der Waals surface area contributed by atoms with Gasteiger partial charge in [0, 0.05) is 5.56 Å². The maximum atomic E-state index is 12.3. The number of hydrogen-bond acceptors (Lipinski definition) is 5. The molecule has 0 unspecified atom stereocenters. The first-order chi connectivity index (χ1) is 10.5. The Morgan fingerprint density at radius 2 is 2.00 bits per heavy atom. The second-order valence-corrected chi connectivity index (χ2v) is 4.76. The van der Waals surface area contributed by atoms with Crippen molar-refractivity contribution in [3.05, 3.63) is 63.8 Å². The topological polar surface area (TPSA) is 82.3 Å². The lowest BCUT2D eigenvalue weighted by Gasteiger charge is -2.13. The molecule has 22 heavy (non-hydrogen) atoms. The van der Waals surface area contributed by atoms with Gasteiger partial charge in [0.2, 0.25) is 11.5 Å². The zero-order valence-electron chi connectivity index (χ0n) is 12.4. The van der Waals surface area contributed by atoms with Gasteiger partial charge in [-0.1, -0.05) is 31.2 Å². The Balaban J connectivity index is 2.16. The minimum atomic E-state index is -0.838. The van der Waals surface area contributed by atoms with E-state index < -0.39 is 16.8 Å². The maximum absolute atomic E-state index is 12.3. The standard InChI is InChI=1S/C16H16N2O4/c1-3-12-6-8-13(9-7-12)15(19)11(2)22-14-5-4-10-17-16(14)18(20)21/h4-11H,3H2,1-2H3/t11-/m1/s1. The summed E-state index contributed by atoms with van der Waals surface area (Å²) in [4.78, 5) is 26.2. The van der Waals surface area contributed by atoms with Crippen LogP contribution in [0.15, 0.2) is 42.6 Å². The smallest absolute Gasteiger partial charge is 0.406 e. The quantitative estimate of drug-likeness (QED) is 0.465. The van der Waals surface area contributed by atoms with Crippen LogP contribution >= 0.6 is 0 Å². The van der Waals surface area contributed by atoms with Gasteiger partial charge in [-0.15, -0.1) is 0 Å². The number of aromatic nitrogens is 1. The van der Waals surface area contributed by atoms with Gasteiger partial charge in [0.15, 0.2) is 6.10 Å². The van der Waals surface area contributed by atoms with Crippen molar-refractivity contribution < 1.29 is 14.5 Å². The van der Waals surface area contributed by atoms with Crippen LogP contribution in [0.4, 0.5) is 5.82 Å². The average Bonchev–Trinajstić information content (AvgIpc) is 2.54. The van der Waals surface area contributed by atoms with E-state index in [2.05, 4.69) is 4.98 Å². The number of ketones is 1. The van der Waals surface area contributed by atoms with E-state index in [0.29, 0.717) is 5.56 Å². The first-order valence-electron chi connectivity index (χ1n) is 6.92. The summed E-state index contributed by atoms with van der Waals surface area (Å²) in [6.07, 6.45) is 1.36. The molecule has 0 aliphatic heterocycles. The number of benzene rings is 1. The van der Waals surface area contributed by atoms with Gasteiger partial charge in [0.05, 0.1) is 0 Å². The molecule has 1 atom stereocenters. The number of aryl methyl sites for hydroxylation is 1. The molecule has 0 radical (unpaired) electrons. The number of nitrogens with zero attached hydrogens (tertiary/aromatic N) is 2. The van der Waals surface area contributed by atoms with E-state index in [9.17, 15) is 14.9 Å². The summed E-state index contributed by atoms with van der Waals surface area (Å²) in [5, 5.41) is 10.9. The molecule has 1 aromatic carbocycles. The van der Waals surface area contributed by atoms with E-state index in [1.165, 1.54) is 18.3 Å². The monoisotopic (exact) mass is 300 g/mol. The summed E-state index contributed by atoms with van der Waals surface area (Å²) in [5.41, 5.74) is 1.64. The van der Waals surface area contributed by atoms with Crippen molar-refractivity contribution in [2.24, 2.45) is 0 Å². The number of pyridine rings is 1. The molecule has 6 nitrogen and oxygen atoms in total. The second kappa shape index (κ2) is 6.80. The van der Waals surface area contributed by atoms with Gasteiger partial charge in [0.25, 0.3) is 0 Å². The highest BCUT2D eigenvalue weighted by atomic mass is 16.6. The van der Waals surface area contributed by atoms with Gasteiger partial charge < -0.3 is 14.9 Å². The summed E-state index contributed by atoms with van der Waals surface area (Å²) in [6.45, 7) is 3.59. The first-order valence-corrected chi connectivity index (χ1v) is 6.92. The van der Waals surface area contributed by atoms with Crippen molar-refractivity contribution in [2.75, 3.05) is 0 Å². The lowest BCUT2D eigenvalue weighted by Crippen LogP contribution is -2.24. The Kier molecular flexibility index (Phi) is 4.83. The Morgan fingerprint density at radius 3 is 2.59 bits per heavy atom. The Labute approximate surface area is 127 Å². The molecule has 0 saturated heterocycles. The van der Waals surface area contributed by atoms with Crippen LogP contribution in [0.5, 0.6) is 5.75 Å². The van der Waals surface area contributed by atoms with Gasteiger partial charge in [-0.2, -0.15) is 0 Å². The SMILES string of the molecule is CCc1ccc(C(=O)[C@@H](C)Oc2cccnc2[N+](=O)[O-])cc1. The molecule has 0 N–H and O–H groups in total. The molecule has 0 spiro atoms. The van der Waals surface area contributed by atoms with Crippen LogP contribution in [0.25, 0.3) is 0 Å². The summed E-state index contributed by atoms with van der Waals surface area (Å²) < 4.78 is 5.43. The summed E-state index contributed by atoms with van der Waals surface area (Å²) >= 11 is 0. The molecule has 1 aromatic heterocycles. The molecule has 2 rings (SSSR count). The van der Waals surface area contributed by atoms with Gasteiger partial charge in [-0.25, -0.2) is 0 Å². The van der Waals surface area contributed by atoms with Crippen molar-refractivity contribution in [3.8, 4) is 5.75 Å². The third kappa shape index (κ3) is 3.46. The minimum Gasteiger partial charge on any atom is -0.474 e. The molecule has 0 saturated carbocycles. The molecular formula is C16H16N2O4. The highest BCUT2D eigenvalue weighted by Gasteiger charge is 2.22. The molecule has 0 amide bonds. The number of rotatable bonds is 6. The van der Waals surface area contributed by atoms with Gasteiger partial charge in [-0.3, -0.25) is 4.79 Å². The van der Waals surface area contributed by atoms with Crippen LogP contribution in [0.2, 0.25) is 0 Å². The zero-order chi connectivity index (χ0) is 16.1. The van der Waals surface area contributed by atoms with Crippen molar-refractivity contribution in [2.45, 2.75) is 26.4 Å². The van der Waals surface area contributed by atoms with Crippen molar-refractivity contribution >= 4 is 11.6 Å². The molecule has 0 aliphatic carbocycles. The number of carbonyl (C=O) groups excluding carboxylic acids is 1. The lowest BCUT2D eigenvalue weighted by atomic mass is 10.0. The highest BCUT2D eigenvalue weighted by Crippen LogP contribution is 2.24. The number of hydrogen-bond donors (Lipinski definition) is 0. The first kappa shape index (κ1) is 15.6.